The zero-order valence-corrected chi connectivity index (χ0v) is 17.0. The van der Waals surface area contributed by atoms with Gasteiger partial charge in [-0.3, -0.25) is 0 Å². The highest BCUT2D eigenvalue weighted by Crippen LogP contribution is 2.41. The SMILES string of the molecule is CCN(CC)CCSc1nc(C)nc2sc(C)c(-c3ccccc3)c12. The van der Waals surface area contributed by atoms with Gasteiger partial charge in [-0.1, -0.05) is 44.2 Å². The van der Waals surface area contributed by atoms with Gasteiger partial charge in [-0.2, -0.15) is 0 Å². The normalized spacial score (nSPS) is 11.6. The molecule has 2 heterocycles. The summed E-state index contributed by atoms with van der Waals surface area (Å²) in [6, 6.07) is 10.6. The third kappa shape index (κ3) is 4.05. The van der Waals surface area contributed by atoms with Crippen LogP contribution in [0.4, 0.5) is 0 Å². The standard InChI is InChI=1S/C20H25N3S2/c1-5-23(6-2)12-13-24-19-18-17(16-10-8-7-9-11-16)14(3)25-20(18)22-15(4)21-19/h7-11H,5-6,12-13H2,1-4H3. The van der Waals surface area contributed by atoms with Gasteiger partial charge in [0, 0.05) is 22.7 Å². The molecule has 0 aliphatic rings. The van der Waals surface area contributed by atoms with Crippen LogP contribution in [0.2, 0.25) is 0 Å². The van der Waals surface area contributed by atoms with Crippen LogP contribution in [0.3, 0.4) is 0 Å². The average Bonchev–Trinajstić information content (AvgIpc) is 2.95. The lowest BCUT2D eigenvalue weighted by Crippen LogP contribution is -2.25. The molecular formula is C20H25N3S2. The molecule has 0 atom stereocenters. The fourth-order valence-electron chi connectivity index (χ4n) is 3.05. The summed E-state index contributed by atoms with van der Waals surface area (Å²) < 4.78 is 0. The molecule has 25 heavy (non-hydrogen) atoms. The monoisotopic (exact) mass is 371 g/mol. The number of aromatic nitrogens is 2. The Hall–Kier alpha value is -1.43. The van der Waals surface area contributed by atoms with E-state index in [-0.39, 0.29) is 0 Å². The first kappa shape index (κ1) is 18.4. The van der Waals surface area contributed by atoms with E-state index in [0.29, 0.717) is 0 Å². The van der Waals surface area contributed by atoms with E-state index in [1.165, 1.54) is 21.4 Å². The second-order valence-electron chi connectivity index (χ2n) is 6.03. The van der Waals surface area contributed by atoms with Gasteiger partial charge < -0.3 is 4.90 Å². The summed E-state index contributed by atoms with van der Waals surface area (Å²) >= 11 is 3.64. The first-order valence-electron chi connectivity index (χ1n) is 8.82. The number of hydrogen-bond acceptors (Lipinski definition) is 5. The number of rotatable bonds is 7. The van der Waals surface area contributed by atoms with Gasteiger partial charge in [-0.05, 0) is 32.5 Å². The molecule has 0 radical (unpaired) electrons. The van der Waals surface area contributed by atoms with Crippen LogP contribution in [0.25, 0.3) is 21.3 Å². The number of thioether (sulfide) groups is 1. The molecule has 0 unspecified atom stereocenters. The minimum absolute atomic E-state index is 0.860. The molecule has 132 valence electrons. The number of fused-ring (bicyclic) bond motifs is 1. The van der Waals surface area contributed by atoms with Crippen molar-refractivity contribution in [1.29, 1.82) is 0 Å². The van der Waals surface area contributed by atoms with Crippen molar-refractivity contribution in [3.8, 4) is 11.1 Å². The van der Waals surface area contributed by atoms with Gasteiger partial charge in [0.15, 0.2) is 0 Å². The van der Waals surface area contributed by atoms with Gasteiger partial charge in [0.1, 0.15) is 15.7 Å². The average molecular weight is 372 g/mol. The topological polar surface area (TPSA) is 29.0 Å². The molecule has 5 heteroatoms. The number of aryl methyl sites for hydroxylation is 2. The van der Waals surface area contributed by atoms with Crippen molar-refractivity contribution < 1.29 is 0 Å². The predicted molar refractivity (Wildman–Crippen MR) is 111 cm³/mol. The first-order chi connectivity index (χ1) is 12.1. The number of hydrogen-bond donors (Lipinski definition) is 0. The van der Waals surface area contributed by atoms with E-state index in [9.17, 15) is 0 Å². The lowest BCUT2D eigenvalue weighted by molar-refractivity contribution is 0.324. The van der Waals surface area contributed by atoms with Crippen LogP contribution in [-0.4, -0.2) is 40.3 Å². The smallest absolute Gasteiger partial charge is 0.129 e. The van der Waals surface area contributed by atoms with Crippen molar-refractivity contribution in [1.82, 2.24) is 14.9 Å². The second kappa shape index (κ2) is 8.30. The fourth-order valence-corrected chi connectivity index (χ4v) is 5.29. The number of thiophene rings is 1. The Balaban J connectivity index is 2.00. The molecule has 3 aromatic rings. The van der Waals surface area contributed by atoms with Crippen molar-refractivity contribution in [2.75, 3.05) is 25.4 Å². The molecule has 0 bridgehead atoms. The van der Waals surface area contributed by atoms with Gasteiger partial charge >= 0.3 is 0 Å². The Kier molecular flexibility index (Phi) is 6.10. The minimum Gasteiger partial charge on any atom is -0.303 e. The third-order valence-electron chi connectivity index (χ3n) is 4.41. The Morgan fingerprint density at radius 1 is 1.04 bits per heavy atom. The molecule has 0 aliphatic heterocycles. The lowest BCUT2D eigenvalue weighted by atomic mass is 10.0. The summed E-state index contributed by atoms with van der Waals surface area (Å²) in [5.74, 6) is 1.91. The molecule has 2 aromatic heterocycles. The largest absolute Gasteiger partial charge is 0.303 e. The summed E-state index contributed by atoms with van der Waals surface area (Å²) in [6.45, 7) is 11.9. The summed E-state index contributed by atoms with van der Waals surface area (Å²) in [7, 11) is 0. The molecule has 0 N–H and O–H groups in total. The van der Waals surface area contributed by atoms with E-state index in [2.05, 4.69) is 56.0 Å². The van der Waals surface area contributed by atoms with Crippen molar-refractivity contribution in [3.63, 3.8) is 0 Å². The number of nitrogens with zero attached hydrogens (tertiary/aromatic N) is 3. The Labute approximate surface area is 158 Å². The molecule has 0 amide bonds. The summed E-state index contributed by atoms with van der Waals surface area (Å²) in [4.78, 5) is 14.4. The van der Waals surface area contributed by atoms with Gasteiger partial charge in [0.25, 0.3) is 0 Å². The zero-order valence-electron chi connectivity index (χ0n) is 15.4. The molecule has 3 rings (SSSR count). The van der Waals surface area contributed by atoms with Crippen LogP contribution in [0.5, 0.6) is 0 Å². The summed E-state index contributed by atoms with van der Waals surface area (Å²) in [5, 5.41) is 2.35. The maximum absolute atomic E-state index is 4.79. The maximum atomic E-state index is 4.79. The molecule has 0 saturated carbocycles. The fraction of sp³-hybridized carbons (Fsp3) is 0.400. The Morgan fingerprint density at radius 3 is 2.44 bits per heavy atom. The van der Waals surface area contributed by atoms with Crippen molar-refractivity contribution in [2.24, 2.45) is 0 Å². The van der Waals surface area contributed by atoms with Gasteiger partial charge in [-0.25, -0.2) is 9.97 Å². The summed E-state index contributed by atoms with van der Waals surface area (Å²) in [6.07, 6.45) is 0. The van der Waals surface area contributed by atoms with E-state index in [0.717, 1.165) is 41.1 Å². The second-order valence-corrected chi connectivity index (χ2v) is 8.32. The Bertz CT molecular complexity index is 839. The predicted octanol–water partition coefficient (Wildman–Crippen LogP) is 5.41. The minimum atomic E-state index is 0.860. The highest BCUT2D eigenvalue weighted by Gasteiger charge is 2.18. The van der Waals surface area contributed by atoms with Crippen molar-refractivity contribution in [3.05, 3.63) is 41.0 Å². The maximum Gasteiger partial charge on any atom is 0.129 e. The molecule has 0 fully saturated rings. The van der Waals surface area contributed by atoms with E-state index in [1.54, 1.807) is 11.3 Å². The summed E-state index contributed by atoms with van der Waals surface area (Å²) in [5.41, 5.74) is 2.55. The van der Waals surface area contributed by atoms with Crippen LogP contribution < -0.4 is 0 Å². The molecule has 0 spiro atoms. The molecule has 0 aliphatic carbocycles. The first-order valence-corrected chi connectivity index (χ1v) is 10.6. The van der Waals surface area contributed by atoms with Crippen LogP contribution in [0, 0.1) is 13.8 Å². The van der Waals surface area contributed by atoms with Crippen LogP contribution in [0.15, 0.2) is 35.4 Å². The van der Waals surface area contributed by atoms with Gasteiger partial charge in [0.2, 0.25) is 0 Å². The van der Waals surface area contributed by atoms with Crippen LogP contribution >= 0.6 is 23.1 Å². The lowest BCUT2D eigenvalue weighted by Gasteiger charge is -2.17. The van der Waals surface area contributed by atoms with Crippen molar-refractivity contribution in [2.45, 2.75) is 32.7 Å². The third-order valence-corrected chi connectivity index (χ3v) is 6.36. The number of benzene rings is 1. The molecule has 3 nitrogen and oxygen atoms in total. The molecule has 0 saturated heterocycles. The van der Waals surface area contributed by atoms with E-state index >= 15 is 0 Å². The highest BCUT2D eigenvalue weighted by molar-refractivity contribution is 7.99. The quantitative estimate of drug-likeness (QED) is 0.410. The van der Waals surface area contributed by atoms with E-state index in [4.69, 9.17) is 9.97 Å². The van der Waals surface area contributed by atoms with Crippen LogP contribution in [-0.2, 0) is 0 Å². The molecular weight excluding hydrogens is 346 g/mol. The van der Waals surface area contributed by atoms with E-state index in [1.807, 2.05) is 18.7 Å². The highest BCUT2D eigenvalue weighted by atomic mass is 32.2. The zero-order chi connectivity index (χ0) is 17.8. The van der Waals surface area contributed by atoms with Gasteiger partial charge in [-0.15, -0.1) is 23.1 Å². The van der Waals surface area contributed by atoms with Crippen molar-refractivity contribution >= 4 is 33.3 Å². The Morgan fingerprint density at radius 2 is 1.76 bits per heavy atom. The van der Waals surface area contributed by atoms with E-state index < -0.39 is 0 Å². The molecule has 1 aromatic carbocycles. The van der Waals surface area contributed by atoms with Crippen LogP contribution in [0.1, 0.15) is 24.5 Å². The van der Waals surface area contributed by atoms with Gasteiger partial charge in [0.05, 0.1) is 5.39 Å².